The van der Waals surface area contributed by atoms with E-state index in [1.807, 2.05) is 83.1 Å². The van der Waals surface area contributed by atoms with Crippen molar-refractivity contribution >= 4 is 19.2 Å². The Bertz CT molecular complexity index is 306. The molecule has 0 aliphatic carbocycles. The van der Waals surface area contributed by atoms with Crippen LogP contribution in [0.15, 0.2) is 0 Å². The van der Waals surface area contributed by atoms with Gasteiger partial charge in [-0.2, -0.15) is 0 Å². The molecule has 166 valence electrons. The molecular formula is C21H45CeN3O3. The Balaban J connectivity index is -0.000000152. The van der Waals surface area contributed by atoms with Gasteiger partial charge in [0.1, 0.15) is 0 Å². The minimum Gasteiger partial charge on any atom is -0.340 e. The van der Waals surface area contributed by atoms with Crippen LogP contribution in [0.2, 0.25) is 0 Å². The molecule has 0 aromatic carbocycles. The molecule has 7 heteroatoms. The summed E-state index contributed by atoms with van der Waals surface area (Å²) in [5.41, 5.74) is 0. The van der Waals surface area contributed by atoms with Crippen molar-refractivity contribution in [2.75, 3.05) is 0 Å². The Morgan fingerprint density at radius 3 is 0.500 bits per heavy atom. The molecule has 0 aliphatic rings. The van der Waals surface area contributed by atoms with Crippen molar-refractivity contribution in [3.05, 3.63) is 0 Å². The molecule has 0 fully saturated rings. The maximum Gasteiger partial charge on any atom is 0.210 e. The van der Waals surface area contributed by atoms with Crippen LogP contribution in [0.5, 0.6) is 0 Å². The molecule has 3 amide bonds. The van der Waals surface area contributed by atoms with E-state index >= 15 is 0 Å². The van der Waals surface area contributed by atoms with Crippen LogP contribution in [-0.2, 0) is 14.4 Å². The third-order valence-electron chi connectivity index (χ3n) is 3.94. The molecule has 0 saturated carbocycles. The van der Waals surface area contributed by atoms with Crippen molar-refractivity contribution in [3.8, 4) is 0 Å². The molecule has 0 aromatic rings. The molecule has 0 aromatic heterocycles. The molecule has 0 bridgehead atoms. The first-order valence-corrected chi connectivity index (χ1v) is 9.96. The van der Waals surface area contributed by atoms with Crippen LogP contribution >= 0.6 is 0 Å². The fourth-order valence-electron chi connectivity index (χ4n) is 2.52. The van der Waals surface area contributed by atoms with Gasteiger partial charge in [0, 0.05) is 78.0 Å². The molecule has 0 rings (SSSR count). The van der Waals surface area contributed by atoms with E-state index in [1.54, 1.807) is 14.7 Å². The van der Waals surface area contributed by atoms with Gasteiger partial charge in [-0.3, -0.25) is 14.4 Å². The van der Waals surface area contributed by atoms with Crippen LogP contribution in [0.25, 0.3) is 0 Å². The van der Waals surface area contributed by atoms with Crippen LogP contribution in [-0.4, -0.2) is 70.2 Å². The zero-order valence-electron chi connectivity index (χ0n) is 20.3. The second kappa shape index (κ2) is 20.1. The van der Waals surface area contributed by atoms with Crippen LogP contribution < -0.4 is 0 Å². The van der Waals surface area contributed by atoms with Gasteiger partial charge in [-0.25, -0.2) is 0 Å². The van der Waals surface area contributed by atoms with Gasteiger partial charge >= 0.3 is 0 Å². The number of rotatable bonds is 9. The number of hydrogen-bond acceptors (Lipinski definition) is 3. The molecule has 0 spiro atoms. The zero-order chi connectivity index (χ0) is 22.3. The largest absolute Gasteiger partial charge is 0.340 e. The van der Waals surface area contributed by atoms with E-state index in [9.17, 15) is 14.4 Å². The van der Waals surface area contributed by atoms with Crippen molar-refractivity contribution in [2.45, 2.75) is 119 Å². The summed E-state index contributed by atoms with van der Waals surface area (Å²) in [6, 6.07) is 1.93. The molecule has 0 heterocycles. The van der Waals surface area contributed by atoms with Gasteiger partial charge < -0.3 is 14.7 Å². The van der Waals surface area contributed by atoms with E-state index in [2.05, 4.69) is 0 Å². The third kappa shape index (κ3) is 17.9. The second-order valence-corrected chi connectivity index (χ2v) is 8.22. The second-order valence-electron chi connectivity index (χ2n) is 8.22. The summed E-state index contributed by atoms with van der Waals surface area (Å²) in [5, 5.41) is 0. The van der Waals surface area contributed by atoms with Gasteiger partial charge in [0.2, 0.25) is 19.2 Å². The van der Waals surface area contributed by atoms with Crippen LogP contribution in [0.1, 0.15) is 83.1 Å². The smallest absolute Gasteiger partial charge is 0.210 e. The Morgan fingerprint density at radius 1 is 0.393 bits per heavy atom. The van der Waals surface area contributed by atoms with Crippen molar-refractivity contribution in [1.29, 1.82) is 0 Å². The van der Waals surface area contributed by atoms with Crippen molar-refractivity contribution in [2.24, 2.45) is 0 Å². The van der Waals surface area contributed by atoms with E-state index in [4.69, 9.17) is 0 Å². The third-order valence-corrected chi connectivity index (χ3v) is 3.94. The van der Waals surface area contributed by atoms with E-state index in [0.717, 1.165) is 19.2 Å². The molecule has 0 atom stereocenters. The van der Waals surface area contributed by atoms with Gasteiger partial charge in [0.25, 0.3) is 0 Å². The predicted octanol–water partition coefficient (Wildman–Crippen LogP) is 3.78. The minimum atomic E-state index is 0. The van der Waals surface area contributed by atoms with E-state index in [-0.39, 0.29) is 41.7 Å². The average molecular weight is 528 g/mol. The van der Waals surface area contributed by atoms with Crippen LogP contribution in [0.3, 0.4) is 0 Å². The summed E-state index contributed by atoms with van der Waals surface area (Å²) >= 11 is 0. The molecule has 0 saturated heterocycles. The van der Waals surface area contributed by atoms with E-state index in [1.165, 1.54) is 0 Å². The summed E-state index contributed by atoms with van der Waals surface area (Å²) in [7, 11) is 0. The van der Waals surface area contributed by atoms with Crippen molar-refractivity contribution < 1.29 is 56.1 Å². The van der Waals surface area contributed by atoms with Crippen LogP contribution in [0.4, 0.5) is 0 Å². The van der Waals surface area contributed by atoms with Crippen LogP contribution in [0, 0.1) is 41.7 Å². The molecule has 6 nitrogen and oxygen atoms in total. The molecule has 28 heavy (non-hydrogen) atoms. The first-order valence-electron chi connectivity index (χ1n) is 9.96. The van der Waals surface area contributed by atoms with Gasteiger partial charge in [-0.1, -0.05) is 0 Å². The number of hydrogen-bond donors (Lipinski definition) is 0. The first-order chi connectivity index (χ1) is 12.3. The summed E-state index contributed by atoms with van der Waals surface area (Å²) < 4.78 is 0. The Hall–Kier alpha value is -0.213. The average Bonchev–Trinajstić information content (AvgIpc) is 2.47. The fourth-order valence-corrected chi connectivity index (χ4v) is 2.52. The summed E-state index contributed by atoms with van der Waals surface area (Å²) in [6.45, 7) is 24.1. The zero-order valence-corrected chi connectivity index (χ0v) is 23.4. The number of nitrogens with zero attached hydrogens (tertiary/aromatic N) is 3. The van der Waals surface area contributed by atoms with Gasteiger partial charge in [-0.15, -0.1) is 0 Å². The van der Waals surface area contributed by atoms with Crippen molar-refractivity contribution in [3.63, 3.8) is 0 Å². The Morgan fingerprint density at radius 2 is 0.500 bits per heavy atom. The van der Waals surface area contributed by atoms with Gasteiger partial charge in [-0.05, 0) is 83.1 Å². The van der Waals surface area contributed by atoms with Gasteiger partial charge in [0.05, 0.1) is 0 Å². The number of carbonyl (C=O) groups is 3. The van der Waals surface area contributed by atoms with Crippen molar-refractivity contribution in [1.82, 2.24) is 14.7 Å². The fraction of sp³-hybridized carbons (Fsp3) is 0.857. The molecular weight excluding hydrogens is 482 g/mol. The van der Waals surface area contributed by atoms with E-state index < -0.39 is 0 Å². The number of carbonyl (C=O) groups excluding carboxylic acids is 3. The Labute approximate surface area is 208 Å². The molecule has 0 radical (unpaired) electrons. The first kappa shape index (κ1) is 35.2. The topological polar surface area (TPSA) is 60.9 Å². The number of amides is 3. The monoisotopic (exact) mass is 527 g/mol. The summed E-state index contributed by atoms with van der Waals surface area (Å²) in [4.78, 5) is 36.3. The molecule has 0 unspecified atom stereocenters. The standard InChI is InChI=1S/3C7H15NO.Ce/c3*1-6(2)8(5-9)7(3)4;/h3*5-7H,1-4H3;. The predicted molar refractivity (Wildman–Crippen MR) is 115 cm³/mol. The minimum absolute atomic E-state index is 0. The maximum absolute atomic E-state index is 10.3. The molecule has 0 aliphatic heterocycles. The summed E-state index contributed by atoms with van der Waals surface area (Å²) in [5.74, 6) is 0. The Kier molecular flexibility index (Phi) is 25.3. The van der Waals surface area contributed by atoms with Gasteiger partial charge in [0.15, 0.2) is 0 Å². The quantitative estimate of drug-likeness (QED) is 0.429. The summed E-state index contributed by atoms with van der Waals surface area (Å²) in [6.07, 6.45) is 2.69. The SMILES string of the molecule is CC(C)N(C=O)C(C)C.CC(C)N(C=O)C(C)C.CC(C)N(C=O)C(C)C.[Ce]. The molecule has 0 N–H and O–H groups in total. The normalized spacial score (nSPS) is 10.1. The van der Waals surface area contributed by atoms with E-state index in [0.29, 0.717) is 36.3 Å². The maximum atomic E-state index is 10.3.